The molecule has 0 radical (unpaired) electrons. The molecular weight excluding hydrogens is 430 g/mol. The highest BCUT2D eigenvalue weighted by molar-refractivity contribution is 7.82. The lowest BCUT2D eigenvalue weighted by Gasteiger charge is -2.36. The second-order valence-corrected chi connectivity index (χ2v) is 15.2. The Morgan fingerprint density at radius 1 is 0.848 bits per heavy atom. The highest BCUT2D eigenvalue weighted by atomic mass is 32.1. The zero-order chi connectivity index (χ0) is 27.1. The molecule has 0 spiro atoms. The van der Waals surface area contributed by atoms with E-state index in [4.69, 9.17) is 5.11 Å². The molecule has 0 saturated heterocycles. The molecular formula is C28H57NO3S. The van der Waals surface area contributed by atoms with E-state index in [1.807, 2.05) is 41.5 Å². The van der Waals surface area contributed by atoms with Crippen LogP contribution in [-0.2, 0) is 9.59 Å². The molecule has 4 nitrogen and oxygen atoms in total. The van der Waals surface area contributed by atoms with E-state index in [2.05, 4.69) is 66.4 Å². The summed E-state index contributed by atoms with van der Waals surface area (Å²) in [5.41, 5.74) is -0.129. The lowest BCUT2D eigenvalue weighted by atomic mass is 9.72. The summed E-state index contributed by atoms with van der Waals surface area (Å²) in [6, 6.07) is 0. The largest absolute Gasteiger partial charge is 0.396 e. The molecule has 0 fully saturated rings. The Morgan fingerprint density at radius 3 is 1.64 bits per heavy atom. The molecule has 0 bridgehead atoms. The number of thiol groups is 1. The molecule has 0 aromatic heterocycles. The van der Waals surface area contributed by atoms with Crippen LogP contribution < -0.4 is 5.32 Å². The van der Waals surface area contributed by atoms with Gasteiger partial charge in [0.2, 0.25) is 5.91 Å². The van der Waals surface area contributed by atoms with Crippen LogP contribution in [0, 0.1) is 28.1 Å². The predicted octanol–water partition coefficient (Wildman–Crippen LogP) is 7.09. The van der Waals surface area contributed by atoms with Gasteiger partial charge in [-0.1, -0.05) is 76.2 Å². The summed E-state index contributed by atoms with van der Waals surface area (Å²) < 4.78 is -0.944. The van der Waals surface area contributed by atoms with E-state index in [0.29, 0.717) is 23.7 Å². The highest BCUT2D eigenvalue weighted by Gasteiger charge is 2.41. The fraction of sp³-hybridized carbons (Fsp3) is 0.929. The second kappa shape index (κ2) is 13.0. The van der Waals surface area contributed by atoms with Gasteiger partial charge in [-0.3, -0.25) is 9.59 Å². The van der Waals surface area contributed by atoms with E-state index in [1.165, 1.54) is 12.8 Å². The zero-order valence-corrected chi connectivity index (χ0v) is 25.3. The minimum atomic E-state index is -0.944. The van der Waals surface area contributed by atoms with E-state index in [0.717, 1.165) is 5.92 Å². The molecule has 33 heavy (non-hydrogen) atoms. The molecule has 0 heterocycles. The Balaban J connectivity index is 0. The summed E-state index contributed by atoms with van der Waals surface area (Å²) in [5, 5.41) is 11.9. The number of hydrogen-bond acceptors (Lipinski definition) is 4. The van der Waals surface area contributed by atoms with Gasteiger partial charge in [0.1, 0.15) is 5.78 Å². The van der Waals surface area contributed by atoms with E-state index < -0.39 is 15.7 Å². The van der Waals surface area contributed by atoms with Gasteiger partial charge in [0.25, 0.3) is 0 Å². The van der Waals surface area contributed by atoms with Crippen LogP contribution >= 0.6 is 12.6 Å². The number of hydrogen-bond donors (Lipinski definition) is 3. The lowest BCUT2D eigenvalue weighted by molar-refractivity contribution is -0.132. The Morgan fingerprint density at radius 2 is 1.30 bits per heavy atom. The summed E-state index contributed by atoms with van der Waals surface area (Å²) in [6.07, 6.45) is 3.49. The third kappa shape index (κ3) is 15.9. The van der Waals surface area contributed by atoms with Crippen molar-refractivity contribution in [3.05, 3.63) is 0 Å². The molecule has 0 aliphatic rings. The van der Waals surface area contributed by atoms with Crippen molar-refractivity contribution in [2.24, 2.45) is 28.1 Å². The number of amides is 1. The fourth-order valence-corrected chi connectivity index (χ4v) is 5.66. The molecule has 0 aliphatic heterocycles. The van der Waals surface area contributed by atoms with Crippen molar-refractivity contribution >= 4 is 24.3 Å². The number of carbonyl (C=O) groups excluding carboxylic acids is 2. The second-order valence-electron chi connectivity index (χ2n) is 14.2. The summed E-state index contributed by atoms with van der Waals surface area (Å²) in [6.45, 7) is 29.3. The quantitative estimate of drug-likeness (QED) is 0.273. The standard InChI is InChI=1S/C16H31NO3S.C12H26/c1-11(2)12(19)14(3,4)10-16(7,21)13(20)17-15(5,6)8-9-18;1-10(2)8-12(6,7)9-11(3,4)5/h11,18,21H,8-10H2,1-7H3,(H,17,20);10H,8-9H2,1-7H3. The molecule has 198 valence electrons. The van der Waals surface area contributed by atoms with Crippen molar-refractivity contribution in [1.82, 2.24) is 5.32 Å². The van der Waals surface area contributed by atoms with Crippen LogP contribution in [0.25, 0.3) is 0 Å². The summed E-state index contributed by atoms with van der Waals surface area (Å²) >= 11 is 4.49. The minimum absolute atomic E-state index is 0.00783. The van der Waals surface area contributed by atoms with Crippen molar-refractivity contribution < 1.29 is 14.7 Å². The average molecular weight is 488 g/mol. The minimum Gasteiger partial charge on any atom is -0.396 e. The number of aliphatic hydroxyl groups is 1. The van der Waals surface area contributed by atoms with Crippen molar-refractivity contribution in [1.29, 1.82) is 0 Å². The first-order valence-electron chi connectivity index (χ1n) is 12.6. The van der Waals surface area contributed by atoms with Crippen molar-refractivity contribution in [3.8, 4) is 0 Å². The van der Waals surface area contributed by atoms with Gasteiger partial charge in [0.05, 0.1) is 4.75 Å². The molecule has 0 aromatic rings. The number of carbonyl (C=O) groups is 2. The summed E-state index contributed by atoms with van der Waals surface area (Å²) in [5.74, 6) is 0.666. The third-order valence-corrected chi connectivity index (χ3v) is 5.99. The number of aliphatic hydroxyl groups excluding tert-OH is 1. The van der Waals surface area contributed by atoms with Gasteiger partial charge in [0.15, 0.2) is 0 Å². The first kappa shape index (κ1) is 34.6. The Hall–Kier alpha value is -0.550. The summed E-state index contributed by atoms with van der Waals surface area (Å²) in [4.78, 5) is 24.7. The third-order valence-electron chi connectivity index (χ3n) is 5.63. The first-order valence-corrected chi connectivity index (χ1v) is 13.0. The molecule has 0 saturated carbocycles. The topological polar surface area (TPSA) is 66.4 Å². The molecule has 0 rings (SSSR count). The van der Waals surface area contributed by atoms with Gasteiger partial charge in [-0.25, -0.2) is 0 Å². The van der Waals surface area contributed by atoms with Crippen LogP contribution in [0.5, 0.6) is 0 Å². The number of Topliss-reactive ketones (excluding diaryl/α,β-unsaturated/α-hetero) is 1. The smallest absolute Gasteiger partial charge is 0.236 e. The predicted molar refractivity (Wildman–Crippen MR) is 147 cm³/mol. The number of ketones is 1. The van der Waals surface area contributed by atoms with E-state index in [9.17, 15) is 9.59 Å². The normalized spacial score (nSPS) is 15.1. The average Bonchev–Trinajstić information content (AvgIpc) is 2.49. The van der Waals surface area contributed by atoms with Crippen LogP contribution in [-0.4, -0.2) is 33.7 Å². The monoisotopic (exact) mass is 487 g/mol. The van der Waals surface area contributed by atoms with Gasteiger partial charge in [-0.2, -0.15) is 12.6 Å². The fourth-order valence-electron chi connectivity index (χ4n) is 5.21. The van der Waals surface area contributed by atoms with Crippen LogP contribution in [0.4, 0.5) is 0 Å². The van der Waals surface area contributed by atoms with Gasteiger partial charge in [0, 0.05) is 23.5 Å². The van der Waals surface area contributed by atoms with Gasteiger partial charge >= 0.3 is 0 Å². The first-order chi connectivity index (χ1) is 14.4. The number of rotatable bonds is 11. The number of nitrogens with one attached hydrogen (secondary N) is 1. The maximum Gasteiger partial charge on any atom is 0.236 e. The van der Waals surface area contributed by atoms with Crippen LogP contribution in [0.3, 0.4) is 0 Å². The highest BCUT2D eigenvalue weighted by Crippen LogP contribution is 2.38. The van der Waals surface area contributed by atoms with Crippen molar-refractivity contribution in [2.75, 3.05) is 6.61 Å². The lowest BCUT2D eigenvalue weighted by Crippen LogP contribution is -2.53. The maximum atomic E-state index is 12.4. The maximum absolute atomic E-state index is 12.4. The molecule has 1 unspecified atom stereocenters. The van der Waals surface area contributed by atoms with Crippen LogP contribution in [0.1, 0.15) is 123 Å². The van der Waals surface area contributed by atoms with Crippen molar-refractivity contribution in [2.45, 2.75) is 133 Å². The Kier molecular flexibility index (Phi) is 13.6. The van der Waals surface area contributed by atoms with E-state index in [1.54, 1.807) is 6.92 Å². The zero-order valence-electron chi connectivity index (χ0n) is 24.4. The molecule has 1 amide bonds. The van der Waals surface area contributed by atoms with Crippen molar-refractivity contribution in [3.63, 3.8) is 0 Å². The van der Waals surface area contributed by atoms with Gasteiger partial charge in [-0.05, 0) is 63.2 Å². The van der Waals surface area contributed by atoms with Gasteiger partial charge in [-0.15, -0.1) is 0 Å². The van der Waals surface area contributed by atoms with Crippen LogP contribution in [0.2, 0.25) is 0 Å². The molecule has 0 aliphatic carbocycles. The Bertz CT molecular complexity index is 611. The summed E-state index contributed by atoms with van der Waals surface area (Å²) in [7, 11) is 0. The van der Waals surface area contributed by atoms with Gasteiger partial charge < -0.3 is 10.4 Å². The molecule has 5 heteroatoms. The SMILES string of the molecule is CC(C)C(=O)C(C)(C)CC(C)(S)C(=O)NC(C)(C)CCO.CC(C)CC(C)(C)CC(C)(C)C. The molecule has 2 N–H and O–H groups in total. The van der Waals surface area contributed by atoms with Crippen LogP contribution in [0.15, 0.2) is 0 Å². The van der Waals surface area contributed by atoms with E-state index >= 15 is 0 Å². The van der Waals surface area contributed by atoms with E-state index in [-0.39, 0.29) is 24.2 Å². The molecule has 0 aromatic carbocycles. The Labute approximate surface area is 211 Å². The molecule has 1 atom stereocenters.